The second-order valence-electron chi connectivity index (χ2n) is 7.12. The third-order valence-electron chi connectivity index (χ3n) is 4.96. The highest BCUT2D eigenvalue weighted by Gasteiger charge is 2.30. The average molecular weight is 390 g/mol. The molecular formula is C23H22N2O4. The Morgan fingerprint density at radius 3 is 2.38 bits per heavy atom. The molecule has 1 saturated carbocycles. The van der Waals surface area contributed by atoms with Crippen LogP contribution in [0.5, 0.6) is 5.75 Å². The molecule has 1 aliphatic rings. The summed E-state index contributed by atoms with van der Waals surface area (Å²) in [7, 11) is 1.56. The van der Waals surface area contributed by atoms with Crippen molar-refractivity contribution >= 4 is 11.8 Å². The zero-order valence-electron chi connectivity index (χ0n) is 16.4. The van der Waals surface area contributed by atoms with Crippen LogP contribution in [-0.4, -0.2) is 34.7 Å². The van der Waals surface area contributed by atoms with Gasteiger partial charge >= 0.3 is 5.97 Å². The molecule has 0 unspecified atom stereocenters. The van der Waals surface area contributed by atoms with E-state index < -0.39 is 12.1 Å². The largest absolute Gasteiger partial charge is 0.497 e. The third-order valence-corrected chi connectivity index (χ3v) is 4.96. The van der Waals surface area contributed by atoms with Crippen molar-refractivity contribution in [1.29, 1.82) is 0 Å². The van der Waals surface area contributed by atoms with Gasteiger partial charge in [-0.25, -0.2) is 9.48 Å². The van der Waals surface area contributed by atoms with Crippen LogP contribution in [-0.2, 0) is 4.74 Å². The number of esters is 1. The fourth-order valence-electron chi connectivity index (χ4n) is 3.15. The maximum absolute atomic E-state index is 12.9. The Morgan fingerprint density at radius 2 is 1.76 bits per heavy atom. The Morgan fingerprint density at radius 1 is 1.07 bits per heavy atom. The summed E-state index contributed by atoms with van der Waals surface area (Å²) in [5.41, 5.74) is 2.45. The predicted molar refractivity (Wildman–Crippen MR) is 108 cm³/mol. The van der Waals surface area contributed by atoms with E-state index in [1.54, 1.807) is 49.0 Å². The number of rotatable bonds is 7. The molecule has 3 aromatic rings. The van der Waals surface area contributed by atoms with Gasteiger partial charge in [-0.2, -0.15) is 5.10 Å². The summed E-state index contributed by atoms with van der Waals surface area (Å²) in [6.07, 6.45) is 1.23. The molecule has 0 bridgehead atoms. The molecule has 0 amide bonds. The number of Topliss-reactive ketones (excluding diaryl/α,β-unsaturated/α-hetero) is 1. The van der Waals surface area contributed by atoms with E-state index in [0.29, 0.717) is 22.9 Å². The number of aromatic nitrogens is 2. The second kappa shape index (κ2) is 7.91. The molecule has 1 atom stereocenters. The highest BCUT2D eigenvalue weighted by molar-refractivity contribution is 6.01. The minimum atomic E-state index is -0.917. The topological polar surface area (TPSA) is 70.4 Å². The number of methoxy groups -OCH3 is 1. The number of para-hydroxylation sites is 1. The van der Waals surface area contributed by atoms with Crippen molar-refractivity contribution in [3.05, 3.63) is 77.6 Å². The lowest BCUT2D eigenvalue weighted by Crippen LogP contribution is -2.25. The molecule has 29 heavy (non-hydrogen) atoms. The van der Waals surface area contributed by atoms with Gasteiger partial charge in [-0.05, 0) is 62.2 Å². The van der Waals surface area contributed by atoms with E-state index in [1.807, 2.05) is 30.3 Å². The van der Waals surface area contributed by atoms with Gasteiger partial charge in [-0.15, -0.1) is 0 Å². The van der Waals surface area contributed by atoms with Crippen LogP contribution in [0.4, 0.5) is 0 Å². The Hall–Kier alpha value is -3.41. The number of ketones is 1. The molecule has 0 spiro atoms. The molecule has 1 fully saturated rings. The van der Waals surface area contributed by atoms with Crippen LogP contribution >= 0.6 is 0 Å². The van der Waals surface area contributed by atoms with Crippen molar-refractivity contribution in [1.82, 2.24) is 9.78 Å². The number of carbonyl (C=O) groups is 2. The quantitative estimate of drug-likeness (QED) is 0.447. The minimum Gasteiger partial charge on any atom is -0.497 e. The Balaban J connectivity index is 1.55. The van der Waals surface area contributed by atoms with E-state index in [2.05, 4.69) is 5.10 Å². The van der Waals surface area contributed by atoms with Crippen molar-refractivity contribution in [2.45, 2.75) is 31.8 Å². The molecule has 0 saturated heterocycles. The highest BCUT2D eigenvalue weighted by atomic mass is 16.5. The third kappa shape index (κ3) is 4.06. The molecule has 0 N–H and O–H groups in total. The van der Waals surface area contributed by atoms with E-state index in [4.69, 9.17) is 9.47 Å². The van der Waals surface area contributed by atoms with Gasteiger partial charge in [0, 0.05) is 11.5 Å². The molecule has 6 nitrogen and oxygen atoms in total. The van der Waals surface area contributed by atoms with Crippen molar-refractivity contribution in [2.75, 3.05) is 7.11 Å². The van der Waals surface area contributed by atoms with Crippen LogP contribution in [0.1, 0.15) is 52.2 Å². The monoisotopic (exact) mass is 390 g/mol. The summed E-state index contributed by atoms with van der Waals surface area (Å²) in [5.74, 6) is 0.215. The van der Waals surface area contributed by atoms with E-state index in [9.17, 15) is 9.59 Å². The lowest BCUT2D eigenvalue weighted by Gasteiger charge is -2.13. The molecule has 6 heteroatoms. The number of hydrogen-bond donors (Lipinski definition) is 0. The van der Waals surface area contributed by atoms with Gasteiger partial charge in [0.05, 0.1) is 18.5 Å². The summed E-state index contributed by atoms with van der Waals surface area (Å²) >= 11 is 0. The number of hydrogen-bond acceptors (Lipinski definition) is 5. The van der Waals surface area contributed by atoms with Crippen molar-refractivity contribution < 1.29 is 19.1 Å². The molecule has 1 heterocycles. The number of carbonyl (C=O) groups excluding carboxylic acids is 2. The molecule has 1 aliphatic carbocycles. The van der Waals surface area contributed by atoms with Gasteiger partial charge < -0.3 is 9.47 Å². The lowest BCUT2D eigenvalue weighted by molar-refractivity contribution is 0.0310. The van der Waals surface area contributed by atoms with Gasteiger partial charge in [-0.3, -0.25) is 4.79 Å². The van der Waals surface area contributed by atoms with Crippen molar-refractivity contribution in [2.24, 2.45) is 0 Å². The lowest BCUT2D eigenvalue weighted by atomic mass is 10.1. The fraction of sp³-hybridized carbons (Fsp3) is 0.261. The van der Waals surface area contributed by atoms with Gasteiger partial charge in [0.1, 0.15) is 5.75 Å². The Kier molecular flexibility index (Phi) is 5.16. The van der Waals surface area contributed by atoms with Crippen molar-refractivity contribution in [3.63, 3.8) is 0 Å². The zero-order chi connectivity index (χ0) is 20.4. The van der Waals surface area contributed by atoms with E-state index in [1.165, 1.54) is 0 Å². The first kappa shape index (κ1) is 18.9. The van der Waals surface area contributed by atoms with Crippen LogP contribution in [0, 0.1) is 0 Å². The van der Waals surface area contributed by atoms with Crippen LogP contribution in [0.15, 0.2) is 60.7 Å². The molecule has 148 valence electrons. The molecule has 0 aliphatic heterocycles. The number of benzene rings is 2. The predicted octanol–water partition coefficient (Wildman–Crippen LogP) is 4.19. The van der Waals surface area contributed by atoms with Crippen LogP contribution < -0.4 is 4.74 Å². The zero-order valence-corrected chi connectivity index (χ0v) is 16.4. The smallest absolute Gasteiger partial charge is 0.357 e. The minimum absolute atomic E-state index is 0.269. The van der Waals surface area contributed by atoms with Gasteiger partial charge in [-0.1, -0.05) is 18.2 Å². The van der Waals surface area contributed by atoms with E-state index in [-0.39, 0.29) is 5.78 Å². The first-order chi connectivity index (χ1) is 14.1. The Labute approximate surface area is 169 Å². The molecule has 2 aromatic carbocycles. The highest BCUT2D eigenvalue weighted by Crippen LogP contribution is 2.39. The van der Waals surface area contributed by atoms with Gasteiger partial charge in [0.15, 0.2) is 11.8 Å². The standard InChI is InChI=1S/C23H22N2O4/c1-15(22(26)17-10-12-19(28-2)13-11-17)29-23(27)21-14-20(16-8-9-16)24-25(21)18-6-4-3-5-7-18/h3-7,10-16H,8-9H2,1-2H3/t15-/m0/s1. The van der Waals surface area contributed by atoms with Gasteiger partial charge in [0.25, 0.3) is 0 Å². The van der Waals surface area contributed by atoms with E-state index >= 15 is 0 Å². The summed E-state index contributed by atoms with van der Waals surface area (Å²) in [4.78, 5) is 25.5. The first-order valence-electron chi connectivity index (χ1n) is 9.61. The Bertz CT molecular complexity index is 1020. The second-order valence-corrected chi connectivity index (χ2v) is 7.12. The summed E-state index contributed by atoms with van der Waals surface area (Å²) in [6, 6.07) is 17.9. The van der Waals surface area contributed by atoms with Gasteiger partial charge in [0.2, 0.25) is 5.78 Å². The van der Waals surface area contributed by atoms with Crippen LogP contribution in [0.2, 0.25) is 0 Å². The normalized spacial score (nSPS) is 14.3. The summed E-state index contributed by atoms with van der Waals surface area (Å²) in [5, 5.41) is 4.61. The SMILES string of the molecule is COc1ccc(C(=O)[C@H](C)OC(=O)c2cc(C3CC3)nn2-c2ccccc2)cc1. The van der Waals surface area contributed by atoms with Crippen LogP contribution in [0.3, 0.4) is 0 Å². The maximum atomic E-state index is 12.9. The summed E-state index contributed by atoms with van der Waals surface area (Å²) < 4.78 is 12.2. The molecule has 4 rings (SSSR count). The summed E-state index contributed by atoms with van der Waals surface area (Å²) in [6.45, 7) is 1.58. The van der Waals surface area contributed by atoms with Crippen LogP contribution in [0.25, 0.3) is 5.69 Å². The van der Waals surface area contributed by atoms with E-state index in [0.717, 1.165) is 24.2 Å². The molecule has 1 aromatic heterocycles. The molecule has 0 radical (unpaired) electrons. The molecular weight excluding hydrogens is 368 g/mol. The number of ether oxygens (including phenoxy) is 2. The van der Waals surface area contributed by atoms with Crippen molar-refractivity contribution in [3.8, 4) is 11.4 Å². The first-order valence-corrected chi connectivity index (χ1v) is 9.61. The maximum Gasteiger partial charge on any atom is 0.357 e. The fourth-order valence-corrected chi connectivity index (χ4v) is 3.15. The average Bonchev–Trinajstić information content (AvgIpc) is 3.52. The number of nitrogens with zero attached hydrogens (tertiary/aromatic N) is 2.